The van der Waals surface area contributed by atoms with Gasteiger partial charge in [-0.15, -0.1) is 11.8 Å². The minimum absolute atomic E-state index is 0.0966. The van der Waals surface area contributed by atoms with Gasteiger partial charge in [0.15, 0.2) is 0 Å². The molecule has 110 valence electrons. The quantitative estimate of drug-likeness (QED) is 0.847. The van der Waals surface area contributed by atoms with Crippen LogP contribution < -0.4 is 10.6 Å². The van der Waals surface area contributed by atoms with Crippen molar-refractivity contribution in [2.24, 2.45) is 5.92 Å². The van der Waals surface area contributed by atoms with Crippen molar-refractivity contribution >= 4 is 17.7 Å². The fourth-order valence-electron chi connectivity index (χ4n) is 2.68. The van der Waals surface area contributed by atoms with E-state index in [0.717, 1.165) is 31.6 Å². The number of nitrogens with one attached hydrogen (secondary N) is 2. The molecule has 3 nitrogen and oxygen atoms in total. The highest BCUT2D eigenvalue weighted by Crippen LogP contribution is 2.26. The normalized spacial score (nSPS) is 20.4. The van der Waals surface area contributed by atoms with Crippen molar-refractivity contribution < 1.29 is 4.79 Å². The predicted molar refractivity (Wildman–Crippen MR) is 85.9 cm³/mol. The summed E-state index contributed by atoms with van der Waals surface area (Å²) in [7, 11) is 0. The molecule has 0 bridgehead atoms. The van der Waals surface area contributed by atoms with E-state index in [1.54, 1.807) is 11.8 Å². The van der Waals surface area contributed by atoms with E-state index in [0.29, 0.717) is 5.92 Å². The summed E-state index contributed by atoms with van der Waals surface area (Å²) >= 11 is 1.59. The fraction of sp³-hybridized carbons (Fsp3) is 0.562. The average molecular weight is 292 g/mol. The van der Waals surface area contributed by atoms with Gasteiger partial charge in [-0.25, -0.2) is 0 Å². The molecule has 1 fully saturated rings. The molecule has 1 aromatic rings. The zero-order valence-corrected chi connectivity index (χ0v) is 12.9. The SMILES string of the molecule is CSC(C(=O)NCCC1CCCNC1)c1ccccc1. The Hall–Kier alpha value is -1.00. The van der Waals surface area contributed by atoms with Crippen molar-refractivity contribution in [3.05, 3.63) is 35.9 Å². The number of carbonyl (C=O) groups excluding carboxylic acids is 1. The van der Waals surface area contributed by atoms with Gasteiger partial charge in [0.2, 0.25) is 5.91 Å². The Kier molecular flexibility index (Phi) is 6.40. The van der Waals surface area contributed by atoms with Gasteiger partial charge < -0.3 is 10.6 Å². The molecular formula is C16H24N2OS. The van der Waals surface area contributed by atoms with Crippen LogP contribution in [0.4, 0.5) is 0 Å². The third-order valence-corrected chi connectivity index (χ3v) is 4.78. The molecule has 1 aliphatic heterocycles. The summed E-state index contributed by atoms with van der Waals surface area (Å²) in [6.45, 7) is 3.03. The van der Waals surface area contributed by atoms with Gasteiger partial charge in [0.25, 0.3) is 0 Å². The molecular weight excluding hydrogens is 268 g/mol. The van der Waals surface area contributed by atoms with Crippen LogP contribution in [0.2, 0.25) is 0 Å². The number of carbonyl (C=O) groups is 1. The zero-order chi connectivity index (χ0) is 14.2. The van der Waals surface area contributed by atoms with Crippen molar-refractivity contribution in [1.82, 2.24) is 10.6 Å². The second-order valence-corrected chi connectivity index (χ2v) is 6.26. The van der Waals surface area contributed by atoms with Crippen molar-refractivity contribution in [3.8, 4) is 0 Å². The monoisotopic (exact) mass is 292 g/mol. The summed E-state index contributed by atoms with van der Waals surface area (Å²) in [5.74, 6) is 0.848. The lowest BCUT2D eigenvalue weighted by atomic mass is 9.96. The zero-order valence-electron chi connectivity index (χ0n) is 12.1. The van der Waals surface area contributed by atoms with Gasteiger partial charge >= 0.3 is 0 Å². The van der Waals surface area contributed by atoms with Gasteiger partial charge in [0.05, 0.1) is 0 Å². The lowest BCUT2D eigenvalue weighted by Gasteiger charge is -2.23. The van der Waals surface area contributed by atoms with Crippen molar-refractivity contribution in [2.45, 2.75) is 24.5 Å². The van der Waals surface area contributed by atoms with Crippen LogP contribution in [0, 0.1) is 5.92 Å². The number of benzene rings is 1. The third-order valence-electron chi connectivity index (χ3n) is 3.83. The lowest BCUT2D eigenvalue weighted by molar-refractivity contribution is -0.120. The smallest absolute Gasteiger partial charge is 0.237 e. The summed E-state index contributed by atoms with van der Waals surface area (Å²) in [6.07, 6.45) is 5.61. The molecule has 2 rings (SSSR count). The van der Waals surface area contributed by atoms with Crippen LogP contribution in [-0.4, -0.2) is 31.8 Å². The van der Waals surface area contributed by atoms with E-state index in [1.807, 2.05) is 36.6 Å². The Morgan fingerprint density at radius 1 is 1.45 bits per heavy atom. The molecule has 20 heavy (non-hydrogen) atoms. The molecule has 1 heterocycles. The van der Waals surface area contributed by atoms with E-state index in [2.05, 4.69) is 10.6 Å². The molecule has 2 N–H and O–H groups in total. The molecule has 1 aromatic carbocycles. The minimum atomic E-state index is -0.0966. The number of hydrogen-bond donors (Lipinski definition) is 2. The van der Waals surface area contributed by atoms with Crippen LogP contribution in [0.25, 0.3) is 0 Å². The van der Waals surface area contributed by atoms with Crippen LogP contribution in [0.1, 0.15) is 30.1 Å². The standard InChI is InChI=1S/C16H24N2OS/c1-20-15(14-7-3-2-4-8-14)16(19)18-11-9-13-6-5-10-17-12-13/h2-4,7-8,13,15,17H,5-6,9-12H2,1H3,(H,18,19). The maximum absolute atomic E-state index is 12.3. The molecule has 2 atom stereocenters. The number of amides is 1. The summed E-state index contributed by atoms with van der Waals surface area (Å²) < 4.78 is 0. The molecule has 1 saturated heterocycles. The molecule has 0 saturated carbocycles. The number of rotatable bonds is 6. The maximum Gasteiger partial charge on any atom is 0.237 e. The van der Waals surface area contributed by atoms with Crippen LogP contribution in [0.5, 0.6) is 0 Å². The lowest BCUT2D eigenvalue weighted by Crippen LogP contribution is -2.34. The highest BCUT2D eigenvalue weighted by Gasteiger charge is 2.19. The van der Waals surface area contributed by atoms with E-state index < -0.39 is 0 Å². The first-order chi connectivity index (χ1) is 9.81. The van der Waals surface area contributed by atoms with Crippen LogP contribution in [0.3, 0.4) is 0 Å². The average Bonchev–Trinajstić information content (AvgIpc) is 2.50. The van der Waals surface area contributed by atoms with Crippen LogP contribution >= 0.6 is 11.8 Å². The Morgan fingerprint density at radius 3 is 2.90 bits per heavy atom. The summed E-state index contributed by atoms with van der Waals surface area (Å²) in [5.41, 5.74) is 1.08. The van der Waals surface area contributed by atoms with Gasteiger partial charge in [0.1, 0.15) is 5.25 Å². The van der Waals surface area contributed by atoms with Crippen molar-refractivity contribution in [3.63, 3.8) is 0 Å². The topological polar surface area (TPSA) is 41.1 Å². The van der Waals surface area contributed by atoms with Crippen molar-refractivity contribution in [2.75, 3.05) is 25.9 Å². The molecule has 0 spiro atoms. The summed E-state index contributed by atoms with van der Waals surface area (Å²) in [6, 6.07) is 9.99. The Balaban J connectivity index is 1.78. The highest BCUT2D eigenvalue weighted by atomic mass is 32.2. The maximum atomic E-state index is 12.3. The van der Waals surface area contributed by atoms with E-state index in [9.17, 15) is 4.79 Å². The second kappa shape index (κ2) is 8.32. The molecule has 4 heteroatoms. The molecule has 1 amide bonds. The highest BCUT2D eigenvalue weighted by molar-refractivity contribution is 7.99. The number of hydrogen-bond acceptors (Lipinski definition) is 3. The Labute approximate surface area is 125 Å². The van der Waals surface area contributed by atoms with Gasteiger partial charge in [-0.3, -0.25) is 4.79 Å². The van der Waals surface area contributed by atoms with Crippen LogP contribution in [-0.2, 0) is 4.79 Å². The first-order valence-electron chi connectivity index (χ1n) is 7.37. The fourth-order valence-corrected chi connectivity index (χ4v) is 3.41. The molecule has 2 unspecified atom stereocenters. The van der Waals surface area contributed by atoms with Gasteiger partial charge in [-0.2, -0.15) is 0 Å². The van der Waals surface area contributed by atoms with E-state index in [1.165, 1.54) is 12.8 Å². The van der Waals surface area contributed by atoms with E-state index >= 15 is 0 Å². The number of thioether (sulfide) groups is 1. The molecule has 0 aromatic heterocycles. The van der Waals surface area contributed by atoms with Gasteiger partial charge in [-0.05, 0) is 50.1 Å². The summed E-state index contributed by atoms with van der Waals surface area (Å²) in [4.78, 5) is 12.3. The van der Waals surface area contributed by atoms with Crippen LogP contribution in [0.15, 0.2) is 30.3 Å². The third kappa shape index (κ3) is 4.53. The molecule has 0 radical (unpaired) electrons. The molecule has 0 aliphatic carbocycles. The minimum Gasteiger partial charge on any atom is -0.355 e. The Bertz CT molecular complexity index is 404. The van der Waals surface area contributed by atoms with Gasteiger partial charge in [-0.1, -0.05) is 30.3 Å². The largest absolute Gasteiger partial charge is 0.355 e. The van der Waals surface area contributed by atoms with E-state index in [-0.39, 0.29) is 11.2 Å². The number of piperidine rings is 1. The predicted octanol–water partition coefficient (Wildman–Crippen LogP) is 2.60. The van der Waals surface area contributed by atoms with E-state index in [4.69, 9.17) is 0 Å². The molecule has 1 aliphatic rings. The van der Waals surface area contributed by atoms with Crippen molar-refractivity contribution in [1.29, 1.82) is 0 Å². The summed E-state index contributed by atoms with van der Waals surface area (Å²) in [5, 5.41) is 6.41. The Morgan fingerprint density at radius 2 is 2.25 bits per heavy atom. The first-order valence-corrected chi connectivity index (χ1v) is 8.66. The first kappa shape index (κ1) is 15.4. The van der Waals surface area contributed by atoms with Gasteiger partial charge in [0, 0.05) is 6.54 Å². The second-order valence-electron chi connectivity index (χ2n) is 5.32.